The molecule has 8 heteroatoms. The Hall–Kier alpha value is -2.40. The average Bonchev–Trinajstić information content (AvgIpc) is 2.72. The van der Waals surface area contributed by atoms with Crippen molar-refractivity contribution in [2.75, 3.05) is 0 Å². The predicted octanol–water partition coefficient (Wildman–Crippen LogP) is 0.747. The van der Waals surface area contributed by atoms with Gasteiger partial charge in [0.15, 0.2) is 10.7 Å². The van der Waals surface area contributed by atoms with Crippen molar-refractivity contribution in [2.45, 2.75) is 0 Å². The van der Waals surface area contributed by atoms with E-state index < -0.39 is 17.5 Å². The number of carbonyl (C=O) groups is 1. The highest BCUT2D eigenvalue weighted by atomic mass is 32.1. The first kappa shape index (κ1) is 11.7. The lowest BCUT2D eigenvalue weighted by molar-refractivity contribution is -0.132. The second kappa shape index (κ2) is 4.90. The van der Waals surface area contributed by atoms with Crippen LogP contribution < -0.4 is 10.5 Å². The summed E-state index contributed by atoms with van der Waals surface area (Å²) in [6, 6.07) is 0. The summed E-state index contributed by atoms with van der Waals surface area (Å²) in [5, 5.41) is 13.2. The molecule has 7 nitrogen and oxygen atoms in total. The molecule has 0 atom stereocenters. The minimum Gasteiger partial charge on any atom is -0.476 e. The molecule has 1 aromatic heterocycles. The van der Waals surface area contributed by atoms with E-state index in [4.69, 9.17) is 27.5 Å². The molecule has 0 unspecified atom stereocenters. The van der Waals surface area contributed by atoms with Gasteiger partial charge in [0.05, 0.1) is 5.38 Å². The van der Waals surface area contributed by atoms with Gasteiger partial charge in [-0.05, 0) is 5.92 Å². The molecule has 0 aromatic carbocycles. The second-order valence-electron chi connectivity index (χ2n) is 2.37. The Morgan fingerprint density at radius 1 is 1.81 bits per heavy atom. The highest BCUT2D eigenvalue weighted by molar-refractivity contribution is 7.10. The molecule has 0 aliphatic rings. The van der Waals surface area contributed by atoms with Gasteiger partial charge in [-0.15, -0.1) is 22.9 Å². The lowest BCUT2D eigenvalue weighted by atomic mass is 10.5. The highest BCUT2D eigenvalue weighted by Gasteiger charge is 2.13. The second-order valence-corrected chi connectivity index (χ2v) is 3.23. The van der Waals surface area contributed by atoms with Gasteiger partial charge in [-0.1, -0.05) is 0 Å². The van der Waals surface area contributed by atoms with Gasteiger partial charge in [0.2, 0.25) is 5.88 Å². The number of nitrogens with one attached hydrogen (secondary N) is 1. The Labute approximate surface area is 94.1 Å². The Morgan fingerprint density at radius 2 is 2.50 bits per heavy atom. The SMILES string of the molecule is C#Cc1nc(O/C(N=N)=C(/N)C(=O)O)cs1. The third kappa shape index (κ3) is 2.55. The van der Waals surface area contributed by atoms with Crippen molar-refractivity contribution in [2.24, 2.45) is 10.8 Å². The Kier molecular flexibility index (Phi) is 3.58. The number of terminal acetylenes is 1. The predicted molar refractivity (Wildman–Crippen MR) is 54.7 cm³/mol. The quantitative estimate of drug-likeness (QED) is 0.309. The van der Waals surface area contributed by atoms with E-state index in [0.717, 1.165) is 11.3 Å². The molecule has 4 N–H and O–H groups in total. The number of aromatic nitrogens is 1. The van der Waals surface area contributed by atoms with E-state index in [-0.39, 0.29) is 5.88 Å². The minimum atomic E-state index is -1.43. The summed E-state index contributed by atoms with van der Waals surface area (Å²) >= 11 is 1.14. The number of rotatable bonds is 4. The van der Waals surface area contributed by atoms with E-state index in [0.29, 0.717) is 5.01 Å². The third-order valence-electron chi connectivity index (χ3n) is 1.37. The van der Waals surface area contributed by atoms with Gasteiger partial charge >= 0.3 is 5.97 Å². The van der Waals surface area contributed by atoms with Crippen LogP contribution in [0.3, 0.4) is 0 Å². The van der Waals surface area contributed by atoms with Crippen LogP contribution in [-0.4, -0.2) is 16.1 Å². The van der Waals surface area contributed by atoms with E-state index in [2.05, 4.69) is 16.0 Å². The zero-order valence-electron chi connectivity index (χ0n) is 7.80. The first-order valence-corrected chi connectivity index (χ1v) is 4.67. The van der Waals surface area contributed by atoms with Gasteiger partial charge in [0.25, 0.3) is 5.88 Å². The van der Waals surface area contributed by atoms with Crippen LogP contribution in [0.4, 0.5) is 0 Å². The van der Waals surface area contributed by atoms with Crippen molar-refractivity contribution in [3.63, 3.8) is 0 Å². The normalized spacial score (nSPS) is 11.2. The van der Waals surface area contributed by atoms with Crippen molar-refractivity contribution in [3.8, 4) is 18.2 Å². The van der Waals surface area contributed by atoms with E-state index in [1.165, 1.54) is 5.38 Å². The molecule has 0 amide bonds. The fraction of sp³-hybridized carbons (Fsp3) is 0. The minimum absolute atomic E-state index is 0.0492. The monoisotopic (exact) mass is 238 g/mol. The molecule has 1 rings (SSSR count). The van der Waals surface area contributed by atoms with Crippen LogP contribution in [0, 0.1) is 17.9 Å². The van der Waals surface area contributed by atoms with Gasteiger partial charge in [-0.25, -0.2) is 10.3 Å². The molecule has 1 heterocycles. The van der Waals surface area contributed by atoms with Gasteiger partial charge in [-0.3, -0.25) is 0 Å². The number of ether oxygens (including phenoxy) is 1. The standard InChI is InChI=1S/C8H6N4O3S/c1-2-5-11-4(3-16-5)15-7(12-10)6(9)8(13)14/h1,3,10H,9H2,(H,13,14)/b7-6+,12-10?. The van der Waals surface area contributed by atoms with Crippen molar-refractivity contribution >= 4 is 17.3 Å². The van der Waals surface area contributed by atoms with Gasteiger partial charge in [0.1, 0.15) is 0 Å². The van der Waals surface area contributed by atoms with Crippen molar-refractivity contribution in [3.05, 3.63) is 22.0 Å². The molecule has 0 aliphatic heterocycles. The van der Waals surface area contributed by atoms with Crippen LogP contribution in [0.1, 0.15) is 5.01 Å². The number of nitrogens with zero attached hydrogens (tertiary/aromatic N) is 2. The zero-order valence-corrected chi connectivity index (χ0v) is 8.61. The highest BCUT2D eigenvalue weighted by Crippen LogP contribution is 2.18. The fourth-order valence-electron chi connectivity index (χ4n) is 0.701. The Bertz CT molecular complexity index is 500. The third-order valence-corrected chi connectivity index (χ3v) is 2.12. The van der Waals surface area contributed by atoms with Crippen molar-refractivity contribution in [1.82, 2.24) is 4.98 Å². The maximum absolute atomic E-state index is 10.5. The summed E-state index contributed by atoms with van der Waals surface area (Å²) in [6.07, 6.45) is 5.09. The number of carboxylic acid groups (broad SMARTS) is 1. The number of nitrogens with two attached hydrogens (primary N) is 1. The number of carboxylic acids is 1. The first-order chi connectivity index (χ1) is 7.58. The molecule has 82 valence electrons. The first-order valence-electron chi connectivity index (χ1n) is 3.79. The van der Waals surface area contributed by atoms with Crippen LogP contribution in [0.2, 0.25) is 0 Å². The van der Waals surface area contributed by atoms with Crippen LogP contribution in [-0.2, 0) is 4.79 Å². The molecular weight excluding hydrogens is 232 g/mol. The zero-order chi connectivity index (χ0) is 12.1. The smallest absolute Gasteiger partial charge is 0.357 e. The summed E-state index contributed by atoms with van der Waals surface area (Å²) in [5.74, 6) is 0.354. The van der Waals surface area contributed by atoms with Crippen LogP contribution in [0.15, 0.2) is 22.1 Å². The summed E-state index contributed by atoms with van der Waals surface area (Å²) in [7, 11) is 0. The van der Waals surface area contributed by atoms with Gasteiger partial charge in [-0.2, -0.15) is 4.98 Å². The van der Waals surface area contributed by atoms with E-state index in [9.17, 15) is 4.79 Å². The Balaban J connectivity index is 2.95. The lowest BCUT2D eigenvalue weighted by Crippen LogP contribution is -2.15. The van der Waals surface area contributed by atoms with E-state index >= 15 is 0 Å². The summed E-state index contributed by atoms with van der Waals surface area (Å²) in [6.45, 7) is 0. The van der Waals surface area contributed by atoms with E-state index in [1.807, 2.05) is 0 Å². The number of hydrogen-bond acceptors (Lipinski definition) is 7. The summed E-state index contributed by atoms with van der Waals surface area (Å²) in [4.78, 5) is 14.3. The Morgan fingerprint density at radius 3 is 2.94 bits per heavy atom. The van der Waals surface area contributed by atoms with Crippen LogP contribution >= 0.6 is 11.3 Å². The molecular formula is C8H6N4O3S. The number of aliphatic carboxylic acids is 1. The molecule has 0 aliphatic carbocycles. The number of thiazole rings is 1. The van der Waals surface area contributed by atoms with Crippen LogP contribution in [0.25, 0.3) is 0 Å². The topological polar surface area (TPSA) is 122 Å². The molecule has 0 saturated heterocycles. The maximum atomic E-state index is 10.5. The summed E-state index contributed by atoms with van der Waals surface area (Å²) in [5.41, 5.74) is 11.2. The molecule has 0 radical (unpaired) electrons. The molecule has 0 fully saturated rings. The van der Waals surface area contributed by atoms with E-state index in [1.54, 1.807) is 0 Å². The van der Waals surface area contributed by atoms with Crippen molar-refractivity contribution in [1.29, 1.82) is 5.53 Å². The van der Waals surface area contributed by atoms with Crippen molar-refractivity contribution < 1.29 is 14.6 Å². The van der Waals surface area contributed by atoms with Gasteiger partial charge in [0, 0.05) is 0 Å². The molecule has 1 aromatic rings. The largest absolute Gasteiger partial charge is 0.476 e. The number of hydrogen-bond donors (Lipinski definition) is 3. The van der Waals surface area contributed by atoms with Gasteiger partial charge < -0.3 is 15.6 Å². The summed E-state index contributed by atoms with van der Waals surface area (Å²) < 4.78 is 4.89. The maximum Gasteiger partial charge on any atom is 0.357 e. The van der Waals surface area contributed by atoms with Crippen LogP contribution in [0.5, 0.6) is 5.88 Å². The average molecular weight is 238 g/mol. The molecule has 16 heavy (non-hydrogen) atoms. The molecule has 0 saturated carbocycles. The molecule has 0 spiro atoms. The fourth-order valence-corrected chi connectivity index (χ4v) is 1.22. The molecule has 0 bridgehead atoms. The lowest BCUT2D eigenvalue weighted by Gasteiger charge is -2.01.